The van der Waals surface area contributed by atoms with Gasteiger partial charge in [-0.1, -0.05) is 57.6 Å². The second-order valence-electron chi connectivity index (χ2n) is 11.5. The Morgan fingerprint density at radius 3 is 2.37 bits per heavy atom. The van der Waals surface area contributed by atoms with Gasteiger partial charge in [0.25, 0.3) is 0 Å². The first kappa shape index (κ1) is 29.9. The number of hydrogen-bond donors (Lipinski definition) is 1. The molecule has 0 fully saturated rings. The summed E-state index contributed by atoms with van der Waals surface area (Å²) in [6.45, 7) is 16.5. The monoisotopic (exact) mass is 522 g/mol. The third kappa shape index (κ3) is 6.84. The van der Waals surface area contributed by atoms with Gasteiger partial charge in [0.1, 0.15) is 11.9 Å². The molecule has 2 aromatic rings. The summed E-state index contributed by atoms with van der Waals surface area (Å²) < 4.78 is 11.0. The van der Waals surface area contributed by atoms with E-state index in [2.05, 4.69) is 57.8 Å². The topological polar surface area (TPSA) is 50.8 Å². The fraction of sp³-hybridized carbons (Fsp3) is 0.606. The molecular weight excluding hydrogens is 472 g/mol. The van der Waals surface area contributed by atoms with Gasteiger partial charge in [0, 0.05) is 17.8 Å². The van der Waals surface area contributed by atoms with Crippen molar-refractivity contribution in [3.63, 3.8) is 0 Å². The number of aryl methyl sites for hydroxylation is 1. The maximum Gasteiger partial charge on any atom is 0.412 e. The van der Waals surface area contributed by atoms with Crippen molar-refractivity contribution in [2.24, 2.45) is 5.92 Å². The van der Waals surface area contributed by atoms with Crippen molar-refractivity contribution in [2.45, 2.75) is 111 Å². The molecule has 0 aromatic heterocycles. The van der Waals surface area contributed by atoms with E-state index in [4.69, 9.17) is 9.47 Å². The Kier molecular flexibility index (Phi) is 10.5. The van der Waals surface area contributed by atoms with Crippen LogP contribution in [0.25, 0.3) is 0 Å². The molecule has 1 heterocycles. The van der Waals surface area contributed by atoms with E-state index in [1.807, 2.05) is 31.2 Å². The second kappa shape index (κ2) is 13.4. The number of unbranched alkanes of at least 4 members (excludes halogenated alkanes) is 5. The van der Waals surface area contributed by atoms with E-state index in [1.54, 1.807) is 7.11 Å². The molecule has 2 atom stereocenters. The Bertz CT molecular complexity index is 1060. The maximum absolute atomic E-state index is 13.0. The molecule has 3 rings (SSSR count). The van der Waals surface area contributed by atoms with Crippen molar-refractivity contribution in [1.82, 2.24) is 0 Å². The van der Waals surface area contributed by atoms with Crippen LogP contribution in [0.5, 0.6) is 5.75 Å². The number of carbonyl (C=O) groups is 1. The van der Waals surface area contributed by atoms with Gasteiger partial charge in [-0.3, -0.25) is 5.32 Å². The number of hydrogen-bond acceptors (Lipinski definition) is 4. The molecule has 5 nitrogen and oxygen atoms in total. The summed E-state index contributed by atoms with van der Waals surface area (Å²) in [6, 6.07) is 9.88. The first-order valence-corrected chi connectivity index (χ1v) is 14.7. The molecule has 0 bridgehead atoms. The molecule has 1 amide bonds. The third-order valence-corrected chi connectivity index (χ3v) is 8.64. The minimum atomic E-state index is -0.424. The highest BCUT2D eigenvalue weighted by atomic mass is 16.6. The Labute approximate surface area is 231 Å². The van der Waals surface area contributed by atoms with Crippen molar-refractivity contribution < 1.29 is 14.3 Å². The number of fused-ring (bicyclic) bond motifs is 1. The number of amides is 1. The average molecular weight is 523 g/mol. The molecule has 1 aliphatic heterocycles. The average Bonchev–Trinajstić information content (AvgIpc) is 2.89. The highest BCUT2D eigenvalue weighted by molar-refractivity contribution is 5.88. The first-order chi connectivity index (χ1) is 18.1. The maximum atomic E-state index is 13.0. The van der Waals surface area contributed by atoms with Gasteiger partial charge in [-0.15, -0.1) is 0 Å². The summed E-state index contributed by atoms with van der Waals surface area (Å²) in [5.74, 6) is 1.36. The molecule has 0 saturated heterocycles. The largest absolute Gasteiger partial charge is 0.497 e. The van der Waals surface area contributed by atoms with Crippen molar-refractivity contribution in [3.8, 4) is 5.75 Å². The highest BCUT2D eigenvalue weighted by Gasteiger charge is 2.40. The van der Waals surface area contributed by atoms with Crippen LogP contribution in [0.15, 0.2) is 30.3 Å². The Morgan fingerprint density at radius 1 is 1.08 bits per heavy atom. The highest BCUT2D eigenvalue weighted by Crippen LogP contribution is 2.46. The zero-order valence-electron chi connectivity index (χ0n) is 25.1. The van der Waals surface area contributed by atoms with Gasteiger partial charge in [0.15, 0.2) is 0 Å². The fourth-order valence-electron chi connectivity index (χ4n) is 6.16. The molecule has 1 N–H and O–H groups in total. The fourth-order valence-corrected chi connectivity index (χ4v) is 6.16. The lowest BCUT2D eigenvalue weighted by atomic mass is 9.73. The van der Waals surface area contributed by atoms with E-state index in [0.717, 1.165) is 41.1 Å². The Balaban J connectivity index is 1.76. The van der Waals surface area contributed by atoms with E-state index in [-0.39, 0.29) is 11.6 Å². The number of nitrogens with one attached hydrogen (secondary N) is 1. The molecule has 0 radical (unpaired) electrons. The van der Waals surface area contributed by atoms with Crippen molar-refractivity contribution in [2.75, 3.05) is 23.9 Å². The van der Waals surface area contributed by atoms with Gasteiger partial charge >= 0.3 is 6.09 Å². The van der Waals surface area contributed by atoms with Crippen LogP contribution in [-0.2, 0) is 11.2 Å². The minimum Gasteiger partial charge on any atom is -0.497 e. The standard InChI is InChI=1S/C33H50N2O3/c1-9-11-12-13-14-15-16-27-22-29-24(4)31(23(3)21-30(29)35(10-2)33(27,6)7)34-32(36)38-25(5)26-17-19-28(37-8)20-18-26/h17-21,25,27H,9-16,22H2,1-8H3,(H,34,36). The van der Waals surface area contributed by atoms with Gasteiger partial charge in [-0.2, -0.15) is 0 Å². The SMILES string of the molecule is CCCCCCCCC1Cc2c(cc(C)c(NC(=O)OC(C)c3ccc(OC)cc3)c2C)N(CC)C1(C)C. The molecule has 0 saturated carbocycles. The first-order valence-electron chi connectivity index (χ1n) is 14.7. The van der Waals surface area contributed by atoms with E-state index in [9.17, 15) is 4.79 Å². The number of ether oxygens (including phenoxy) is 2. The van der Waals surface area contributed by atoms with Crippen LogP contribution in [0.4, 0.5) is 16.2 Å². The summed E-state index contributed by atoms with van der Waals surface area (Å²) in [4.78, 5) is 15.5. The van der Waals surface area contributed by atoms with Crippen LogP contribution >= 0.6 is 0 Å². The third-order valence-electron chi connectivity index (χ3n) is 8.64. The number of rotatable bonds is 12. The molecule has 0 aliphatic carbocycles. The number of anilines is 2. The molecule has 0 spiro atoms. The lowest BCUT2D eigenvalue weighted by Gasteiger charge is -2.51. The number of nitrogens with zero attached hydrogens (tertiary/aromatic N) is 1. The van der Waals surface area contributed by atoms with Crippen LogP contribution in [0.3, 0.4) is 0 Å². The molecule has 2 aromatic carbocycles. The quantitative estimate of drug-likeness (QED) is 0.282. The Hall–Kier alpha value is -2.69. The second-order valence-corrected chi connectivity index (χ2v) is 11.5. The van der Waals surface area contributed by atoms with Gasteiger partial charge in [-0.25, -0.2) is 4.79 Å². The molecule has 38 heavy (non-hydrogen) atoms. The van der Waals surface area contributed by atoms with Crippen molar-refractivity contribution in [3.05, 3.63) is 52.6 Å². The molecule has 1 aliphatic rings. The van der Waals surface area contributed by atoms with Crippen LogP contribution in [0.2, 0.25) is 0 Å². The molecular formula is C33H50N2O3. The van der Waals surface area contributed by atoms with Crippen LogP contribution in [0.1, 0.15) is 108 Å². The predicted molar refractivity (Wildman–Crippen MR) is 160 cm³/mol. The molecule has 5 heteroatoms. The minimum absolute atomic E-state index is 0.103. The van der Waals surface area contributed by atoms with Gasteiger partial charge in [0.2, 0.25) is 0 Å². The lowest BCUT2D eigenvalue weighted by molar-refractivity contribution is 0.121. The van der Waals surface area contributed by atoms with E-state index >= 15 is 0 Å². The summed E-state index contributed by atoms with van der Waals surface area (Å²) in [7, 11) is 1.64. The van der Waals surface area contributed by atoms with Gasteiger partial charge < -0.3 is 14.4 Å². The molecule has 2 unspecified atom stereocenters. The Morgan fingerprint density at radius 2 is 1.74 bits per heavy atom. The van der Waals surface area contributed by atoms with Crippen LogP contribution in [-0.4, -0.2) is 25.3 Å². The van der Waals surface area contributed by atoms with Crippen LogP contribution < -0.4 is 15.0 Å². The number of carbonyl (C=O) groups excluding carboxylic acids is 1. The zero-order valence-corrected chi connectivity index (χ0v) is 25.1. The normalized spacial score (nSPS) is 17.1. The van der Waals surface area contributed by atoms with Gasteiger partial charge in [0.05, 0.1) is 12.8 Å². The summed E-state index contributed by atoms with van der Waals surface area (Å²) in [6.07, 6.45) is 9.46. The van der Waals surface area contributed by atoms with E-state index in [0.29, 0.717) is 5.92 Å². The van der Waals surface area contributed by atoms with Crippen LogP contribution in [0, 0.1) is 19.8 Å². The van der Waals surface area contributed by atoms with Crippen molar-refractivity contribution >= 4 is 17.5 Å². The number of methoxy groups -OCH3 is 1. The van der Waals surface area contributed by atoms with Crippen molar-refractivity contribution in [1.29, 1.82) is 0 Å². The zero-order chi connectivity index (χ0) is 27.9. The lowest BCUT2D eigenvalue weighted by Crippen LogP contribution is -2.53. The van der Waals surface area contributed by atoms with Gasteiger partial charge in [-0.05, 0) is 101 Å². The van der Waals surface area contributed by atoms with E-state index < -0.39 is 6.09 Å². The summed E-state index contributed by atoms with van der Waals surface area (Å²) in [5, 5.41) is 3.09. The summed E-state index contributed by atoms with van der Waals surface area (Å²) in [5.41, 5.74) is 6.83. The predicted octanol–water partition coefficient (Wildman–Crippen LogP) is 9.15. The smallest absolute Gasteiger partial charge is 0.412 e. The van der Waals surface area contributed by atoms with E-state index in [1.165, 1.54) is 56.2 Å². The number of benzene rings is 2. The summed E-state index contributed by atoms with van der Waals surface area (Å²) >= 11 is 0. The molecule has 210 valence electrons.